The fourth-order valence-corrected chi connectivity index (χ4v) is 1.88. The van der Waals surface area contributed by atoms with Crippen LogP contribution in [-0.2, 0) is 0 Å². The molecule has 1 fully saturated rings. The summed E-state index contributed by atoms with van der Waals surface area (Å²) in [4.78, 5) is 0. The average molecular weight is 199 g/mol. The molecule has 1 N–H and O–H groups in total. The highest BCUT2D eigenvalue weighted by Crippen LogP contribution is 2.24. The van der Waals surface area contributed by atoms with E-state index in [-0.39, 0.29) is 0 Å². The van der Waals surface area contributed by atoms with Gasteiger partial charge in [0, 0.05) is 18.4 Å². The van der Waals surface area contributed by atoms with E-state index in [9.17, 15) is 0 Å². The molecule has 1 atom stereocenters. The van der Waals surface area contributed by atoms with Crippen LogP contribution in [0.25, 0.3) is 5.69 Å². The standard InChI is InChI=1S/C12H13N3/c1-3-10(12-5-7-13-12)9-11(4-1)15-8-2-6-14-15/h1-4,6,8-9,12-13H,5,7H2/t12-/m0/s1. The zero-order chi connectivity index (χ0) is 10.1. The van der Waals surface area contributed by atoms with E-state index in [0.717, 1.165) is 12.2 Å². The summed E-state index contributed by atoms with van der Waals surface area (Å²) in [6, 6.07) is 11.0. The van der Waals surface area contributed by atoms with Crippen molar-refractivity contribution in [2.24, 2.45) is 0 Å². The first kappa shape index (κ1) is 8.68. The molecule has 3 heteroatoms. The second kappa shape index (κ2) is 3.51. The van der Waals surface area contributed by atoms with Crippen LogP contribution in [0.1, 0.15) is 18.0 Å². The Morgan fingerprint density at radius 2 is 2.27 bits per heavy atom. The molecule has 3 rings (SSSR count). The fraction of sp³-hybridized carbons (Fsp3) is 0.250. The Bertz CT molecular complexity index is 444. The zero-order valence-electron chi connectivity index (χ0n) is 8.43. The summed E-state index contributed by atoms with van der Waals surface area (Å²) in [5.74, 6) is 0. The Kier molecular flexibility index (Phi) is 2.03. The minimum absolute atomic E-state index is 0.542. The molecule has 0 radical (unpaired) electrons. The molecule has 1 aliphatic heterocycles. The molecule has 76 valence electrons. The molecular formula is C12H13N3. The number of hydrogen-bond acceptors (Lipinski definition) is 2. The lowest BCUT2D eigenvalue weighted by Crippen LogP contribution is -2.34. The van der Waals surface area contributed by atoms with E-state index in [1.54, 1.807) is 6.20 Å². The molecule has 15 heavy (non-hydrogen) atoms. The normalized spacial score (nSPS) is 19.9. The van der Waals surface area contributed by atoms with Crippen LogP contribution < -0.4 is 5.32 Å². The van der Waals surface area contributed by atoms with Crippen LogP contribution in [0, 0.1) is 0 Å². The first-order valence-corrected chi connectivity index (χ1v) is 5.27. The highest BCUT2D eigenvalue weighted by molar-refractivity contribution is 5.37. The van der Waals surface area contributed by atoms with E-state index in [1.165, 1.54) is 12.0 Å². The minimum Gasteiger partial charge on any atom is -0.310 e. The molecule has 0 aliphatic carbocycles. The van der Waals surface area contributed by atoms with E-state index >= 15 is 0 Å². The monoisotopic (exact) mass is 199 g/mol. The van der Waals surface area contributed by atoms with Gasteiger partial charge in [-0.3, -0.25) is 0 Å². The van der Waals surface area contributed by atoms with Crippen molar-refractivity contribution in [3.63, 3.8) is 0 Å². The predicted molar refractivity (Wildman–Crippen MR) is 58.9 cm³/mol. The molecule has 0 unspecified atom stereocenters. The van der Waals surface area contributed by atoms with E-state index in [1.807, 2.05) is 16.9 Å². The molecule has 1 saturated heterocycles. The van der Waals surface area contributed by atoms with Crippen LogP contribution in [-0.4, -0.2) is 16.3 Å². The average Bonchev–Trinajstić information content (AvgIpc) is 2.68. The maximum absolute atomic E-state index is 4.23. The minimum atomic E-state index is 0.542. The first-order chi connectivity index (χ1) is 7.43. The van der Waals surface area contributed by atoms with Crippen molar-refractivity contribution >= 4 is 0 Å². The number of nitrogens with zero attached hydrogens (tertiary/aromatic N) is 2. The third-order valence-corrected chi connectivity index (χ3v) is 2.87. The molecule has 0 saturated carbocycles. The SMILES string of the molecule is c1cc([C@@H]2CCN2)cc(-n2cccn2)c1. The zero-order valence-corrected chi connectivity index (χ0v) is 8.43. The van der Waals surface area contributed by atoms with Crippen molar-refractivity contribution in [2.75, 3.05) is 6.54 Å². The third kappa shape index (κ3) is 1.55. The van der Waals surface area contributed by atoms with E-state index in [2.05, 4.69) is 34.7 Å². The Morgan fingerprint density at radius 1 is 1.33 bits per heavy atom. The molecular weight excluding hydrogens is 186 g/mol. The molecule has 0 spiro atoms. The van der Waals surface area contributed by atoms with Gasteiger partial charge in [0.15, 0.2) is 0 Å². The lowest BCUT2D eigenvalue weighted by Gasteiger charge is -2.28. The van der Waals surface area contributed by atoms with E-state index in [4.69, 9.17) is 0 Å². The van der Waals surface area contributed by atoms with Crippen molar-refractivity contribution in [1.82, 2.24) is 15.1 Å². The predicted octanol–water partition coefficient (Wildman–Crippen LogP) is 1.91. The summed E-state index contributed by atoms with van der Waals surface area (Å²) < 4.78 is 1.89. The fourth-order valence-electron chi connectivity index (χ4n) is 1.88. The van der Waals surface area contributed by atoms with Gasteiger partial charge in [-0.05, 0) is 36.7 Å². The summed E-state index contributed by atoms with van der Waals surface area (Å²) in [5.41, 5.74) is 2.49. The Hall–Kier alpha value is -1.61. The van der Waals surface area contributed by atoms with Crippen LogP contribution >= 0.6 is 0 Å². The van der Waals surface area contributed by atoms with Gasteiger partial charge >= 0.3 is 0 Å². The number of nitrogens with one attached hydrogen (secondary N) is 1. The lowest BCUT2D eigenvalue weighted by molar-refractivity contribution is 0.383. The quantitative estimate of drug-likeness (QED) is 0.800. The highest BCUT2D eigenvalue weighted by Gasteiger charge is 2.18. The van der Waals surface area contributed by atoms with Gasteiger partial charge in [0.1, 0.15) is 0 Å². The summed E-state index contributed by atoms with van der Waals surface area (Å²) in [7, 11) is 0. The van der Waals surface area contributed by atoms with Crippen molar-refractivity contribution in [1.29, 1.82) is 0 Å². The largest absolute Gasteiger partial charge is 0.310 e. The summed E-state index contributed by atoms with van der Waals surface area (Å²) in [5, 5.41) is 7.63. The van der Waals surface area contributed by atoms with Crippen molar-refractivity contribution in [3.05, 3.63) is 48.3 Å². The number of aromatic nitrogens is 2. The van der Waals surface area contributed by atoms with Crippen molar-refractivity contribution < 1.29 is 0 Å². The van der Waals surface area contributed by atoms with Gasteiger partial charge in [-0.2, -0.15) is 5.10 Å². The van der Waals surface area contributed by atoms with Crippen LogP contribution in [0.5, 0.6) is 0 Å². The molecule has 3 nitrogen and oxygen atoms in total. The highest BCUT2D eigenvalue weighted by atomic mass is 15.3. The van der Waals surface area contributed by atoms with Gasteiger partial charge in [0.2, 0.25) is 0 Å². The topological polar surface area (TPSA) is 29.9 Å². The number of benzene rings is 1. The molecule has 1 aromatic heterocycles. The molecule has 0 bridgehead atoms. The second-order valence-electron chi connectivity index (χ2n) is 3.84. The number of rotatable bonds is 2. The van der Waals surface area contributed by atoms with Crippen molar-refractivity contribution in [2.45, 2.75) is 12.5 Å². The first-order valence-electron chi connectivity index (χ1n) is 5.27. The summed E-state index contributed by atoms with van der Waals surface area (Å²) in [6.45, 7) is 1.14. The van der Waals surface area contributed by atoms with Crippen LogP contribution in [0.2, 0.25) is 0 Å². The molecule has 2 heterocycles. The third-order valence-electron chi connectivity index (χ3n) is 2.87. The molecule has 1 aliphatic rings. The maximum Gasteiger partial charge on any atom is 0.0648 e. The second-order valence-corrected chi connectivity index (χ2v) is 3.84. The maximum atomic E-state index is 4.23. The Morgan fingerprint density at radius 3 is 2.93 bits per heavy atom. The Balaban J connectivity index is 1.95. The van der Waals surface area contributed by atoms with Gasteiger partial charge in [0.05, 0.1) is 5.69 Å². The summed E-state index contributed by atoms with van der Waals surface area (Å²) >= 11 is 0. The molecule has 2 aromatic rings. The van der Waals surface area contributed by atoms with Gasteiger partial charge in [-0.1, -0.05) is 12.1 Å². The van der Waals surface area contributed by atoms with E-state index < -0.39 is 0 Å². The van der Waals surface area contributed by atoms with Gasteiger partial charge in [-0.15, -0.1) is 0 Å². The van der Waals surface area contributed by atoms with Crippen molar-refractivity contribution in [3.8, 4) is 5.69 Å². The van der Waals surface area contributed by atoms with Gasteiger partial charge < -0.3 is 5.32 Å². The van der Waals surface area contributed by atoms with Crippen LogP contribution in [0.3, 0.4) is 0 Å². The van der Waals surface area contributed by atoms with Gasteiger partial charge in [-0.25, -0.2) is 4.68 Å². The smallest absolute Gasteiger partial charge is 0.0648 e. The van der Waals surface area contributed by atoms with E-state index in [0.29, 0.717) is 6.04 Å². The summed E-state index contributed by atoms with van der Waals surface area (Å²) in [6.07, 6.45) is 5.00. The molecule has 1 aromatic carbocycles. The molecule has 0 amide bonds. The van der Waals surface area contributed by atoms with Crippen LogP contribution in [0.4, 0.5) is 0 Å². The van der Waals surface area contributed by atoms with Gasteiger partial charge in [0.25, 0.3) is 0 Å². The van der Waals surface area contributed by atoms with Crippen LogP contribution in [0.15, 0.2) is 42.7 Å². The Labute approximate surface area is 88.7 Å². The lowest BCUT2D eigenvalue weighted by atomic mass is 9.98. The number of hydrogen-bond donors (Lipinski definition) is 1.